The number of benzene rings is 1. The molecule has 0 radical (unpaired) electrons. The van der Waals surface area contributed by atoms with E-state index in [9.17, 15) is 12.8 Å². The van der Waals surface area contributed by atoms with Crippen LogP contribution >= 0.6 is 11.6 Å². The van der Waals surface area contributed by atoms with E-state index < -0.39 is 21.4 Å². The molecule has 0 amide bonds. The summed E-state index contributed by atoms with van der Waals surface area (Å²) in [6.07, 6.45) is 0. The second kappa shape index (κ2) is 3.95. The number of nitrogens with zero attached hydrogens (tertiary/aromatic N) is 1. The van der Waals surface area contributed by atoms with Crippen LogP contribution in [0.15, 0.2) is 23.1 Å². The molecule has 1 aromatic rings. The van der Waals surface area contributed by atoms with E-state index in [2.05, 4.69) is 0 Å². The first-order valence-corrected chi connectivity index (χ1v) is 5.55. The van der Waals surface area contributed by atoms with Crippen LogP contribution < -0.4 is 0 Å². The van der Waals surface area contributed by atoms with Crippen LogP contribution in [0.4, 0.5) is 4.39 Å². The molecule has 14 heavy (non-hydrogen) atoms. The molecular weight excluding hydrogens is 229 g/mol. The second-order valence-corrected chi connectivity index (χ2v) is 4.89. The van der Waals surface area contributed by atoms with Gasteiger partial charge in [-0.3, -0.25) is 0 Å². The fourth-order valence-electron chi connectivity index (χ4n) is 0.839. The summed E-state index contributed by atoms with van der Waals surface area (Å²) >= 11 is 5.37. The summed E-state index contributed by atoms with van der Waals surface area (Å²) in [5.74, 6) is -1.49. The number of nitriles is 1. The maximum Gasteiger partial charge on any atom is 0.191 e. The van der Waals surface area contributed by atoms with Gasteiger partial charge in [-0.25, -0.2) is 12.8 Å². The monoisotopic (exact) mass is 233 g/mol. The molecule has 1 aromatic carbocycles. The van der Waals surface area contributed by atoms with Crippen LogP contribution in [0.2, 0.25) is 5.02 Å². The van der Waals surface area contributed by atoms with E-state index in [0.29, 0.717) is 0 Å². The van der Waals surface area contributed by atoms with E-state index in [-0.39, 0.29) is 9.92 Å². The maximum atomic E-state index is 12.9. The van der Waals surface area contributed by atoms with E-state index in [1.807, 2.05) is 0 Å². The highest BCUT2D eigenvalue weighted by molar-refractivity contribution is 7.91. The van der Waals surface area contributed by atoms with E-state index in [4.69, 9.17) is 16.9 Å². The first kappa shape index (κ1) is 11.0. The van der Waals surface area contributed by atoms with Crippen LogP contribution in [0.25, 0.3) is 0 Å². The smallest absolute Gasteiger partial charge is 0.191 e. The van der Waals surface area contributed by atoms with Gasteiger partial charge in [0.05, 0.1) is 16.0 Å². The fraction of sp³-hybridized carbons (Fsp3) is 0.125. The molecule has 0 atom stereocenters. The van der Waals surface area contributed by atoms with Gasteiger partial charge in [0.15, 0.2) is 9.84 Å². The highest BCUT2D eigenvalue weighted by Gasteiger charge is 2.15. The Bertz CT molecular complexity index is 493. The summed E-state index contributed by atoms with van der Waals surface area (Å²) in [5.41, 5.74) is 0. The SMILES string of the molecule is N#CCS(=O)(=O)c1ccc(Cl)c(F)c1. The summed E-state index contributed by atoms with van der Waals surface area (Å²) in [7, 11) is -3.71. The van der Waals surface area contributed by atoms with Crippen LogP contribution in [-0.4, -0.2) is 14.2 Å². The number of hydrogen-bond acceptors (Lipinski definition) is 3. The molecule has 3 nitrogen and oxygen atoms in total. The molecule has 0 N–H and O–H groups in total. The lowest BCUT2D eigenvalue weighted by atomic mass is 10.3. The summed E-state index contributed by atoms with van der Waals surface area (Å²) in [6, 6.07) is 4.60. The largest absolute Gasteiger partial charge is 0.223 e. The lowest BCUT2D eigenvalue weighted by Crippen LogP contribution is -2.05. The van der Waals surface area contributed by atoms with E-state index in [1.54, 1.807) is 0 Å². The van der Waals surface area contributed by atoms with Gasteiger partial charge < -0.3 is 0 Å². The van der Waals surface area contributed by atoms with Gasteiger partial charge in [0.25, 0.3) is 0 Å². The molecule has 0 heterocycles. The Kier molecular flexibility index (Phi) is 3.09. The zero-order chi connectivity index (χ0) is 10.8. The lowest BCUT2D eigenvalue weighted by Gasteiger charge is -2.00. The molecule has 0 aliphatic carbocycles. The predicted molar refractivity (Wildman–Crippen MR) is 49.1 cm³/mol. The zero-order valence-electron chi connectivity index (χ0n) is 6.87. The highest BCUT2D eigenvalue weighted by atomic mass is 35.5. The summed E-state index contributed by atoms with van der Waals surface area (Å²) < 4.78 is 35.4. The van der Waals surface area contributed by atoms with Crippen molar-refractivity contribution in [1.29, 1.82) is 5.26 Å². The van der Waals surface area contributed by atoms with Crippen LogP contribution in [0.3, 0.4) is 0 Å². The van der Waals surface area contributed by atoms with E-state index in [1.165, 1.54) is 6.07 Å². The molecule has 0 spiro atoms. The summed E-state index contributed by atoms with van der Waals surface area (Å²) in [5, 5.41) is 8.09. The third-order valence-electron chi connectivity index (χ3n) is 1.50. The standard InChI is InChI=1S/C8H5ClFNO2S/c9-7-2-1-6(5-8(7)10)14(12,13)4-3-11/h1-2,5H,4H2. The molecular formula is C8H5ClFNO2S. The lowest BCUT2D eigenvalue weighted by molar-refractivity contribution is 0.594. The topological polar surface area (TPSA) is 57.9 Å². The quantitative estimate of drug-likeness (QED) is 0.782. The Labute approximate surface area is 85.6 Å². The van der Waals surface area contributed by atoms with Gasteiger partial charge in [0.1, 0.15) is 11.6 Å². The molecule has 0 aliphatic heterocycles. The molecule has 0 bridgehead atoms. The molecule has 6 heteroatoms. The van der Waals surface area contributed by atoms with Crippen LogP contribution in [0, 0.1) is 17.1 Å². The van der Waals surface area contributed by atoms with Crippen LogP contribution in [0.1, 0.15) is 0 Å². The van der Waals surface area contributed by atoms with Gasteiger partial charge in [0, 0.05) is 0 Å². The van der Waals surface area contributed by atoms with Gasteiger partial charge in [-0.15, -0.1) is 0 Å². The van der Waals surface area contributed by atoms with Crippen molar-refractivity contribution >= 4 is 21.4 Å². The van der Waals surface area contributed by atoms with Crippen molar-refractivity contribution in [2.75, 3.05) is 5.75 Å². The predicted octanol–water partition coefficient (Wildman–Crippen LogP) is 1.78. The minimum absolute atomic E-state index is 0.152. The van der Waals surface area contributed by atoms with Crippen molar-refractivity contribution in [2.24, 2.45) is 0 Å². The Morgan fingerprint density at radius 2 is 2.14 bits per heavy atom. The Hall–Kier alpha value is -1.12. The Morgan fingerprint density at radius 1 is 1.50 bits per heavy atom. The van der Waals surface area contributed by atoms with E-state index in [0.717, 1.165) is 18.2 Å². The maximum absolute atomic E-state index is 12.9. The minimum Gasteiger partial charge on any atom is -0.223 e. The molecule has 0 saturated heterocycles. The van der Waals surface area contributed by atoms with Gasteiger partial charge >= 0.3 is 0 Å². The first-order valence-electron chi connectivity index (χ1n) is 3.52. The Balaban J connectivity index is 3.23. The van der Waals surface area contributed by atoms with E-state index >= 15 is 0 Å². The number of hydrogen-bond donors (Lipinski definition) is 0. The highest BCUT2D eigenvalue weighted by Crippen LogP contribution is 2.19. The van der Waals surface area contributed by atoms with Crippen LogP contribution in [-0.2, 0) is 9.84 Å². The first-order chi connectivity index (χ1) is 6.47. The molecule has 1 rings (SSSR count). The number of halogens is 2. The molecule has 0 aliphatic rings. The van der Waals surface area contributed by atoms with Crippen molar-refractivity contribution in [3.05, 3.63) is 29.0 Å². The minimum atomic E-state index is -3.71. The number of rotatable bonds is 2. The van der Waals surface area contributed by atoms with Gasteiger partial charge in [-0.05, 0) is 18.2 Å². The zero-order valence-corrected chi connectivity index (χ0v) is 8.44. The molecule has 0 unspecified atom stereocenters. The summed E-state index contributed by atoms with van der Waals surface area (Å²) in [6.45, 7) is 0. The van der Waals surface area contributed by atoms with Crippen molar-refractivity contribution in [3.8, 4) is 6.07 Å². The third-order valence-corrected chi connectivity index (χ3v) is 3.29. The Morgan fingerprint density at radius 3 is 2.64 bits per heavy atom. The average molecular weight is 234 g/mol. The molecule has 0 fully saturated rings. The molecule has 74 valence electrons. The van der Waals surface area contributed by atoms with Crippen molar-refractivity contribution in [1.82, 2.24) is 0 Å². The third kappa shape index (κ3) is 2.22. The van der Waals surface area contributed by atoms with Crippen molar-refractivity contribution < 1.29 is 12.8 Å². The van der Waals surface area contributed by atoms with Crippen LogP contribution in [0.5, 0.6) is 0 Å². The molecule has 0 saturated carbocycles. The van der Waals surface area contributed by atoms with Crippen molar-refractivity contribution in [3.63, 3.8) is 0 Å². The molecule has 0 aromatic heterocycles. The summed E-state index contributed by atoms with van der Waals surface area (Å²) in [4.78, 5) is -0.235. The second-order valence-electron chi connectivity index (χ2n) is 2.49. The number of sulfone groups is 1. The van der Waals surface area contributed by atoms with Crippen molar-refractivity contribution in [2.45, 2.75) is 4.90 Å². The van der Waals surface area contributed by atoms with Gasteiger partial charge in [-0.1, -0.05) is 11.6 Å². The fourth-order valence-corrected chi connectivity index (χ4v) is 1.85. The van der Waals surface area contributed by atoms with Gasteiger partial charge in [0.2, 0.25) is 0 Å². The van der Waals surface area contributed by atoms with Gasteiger partial charge in [-0.2, -0.15) is 5.26 Å². The average Bonchev–Trinajstić information content (AvgIpc) is 2.09. The normalized spacial score (nSPS) is 10.9.